The average Bonchev–Trinajstić information content (AvgIpc) is 3.14. The molecule has 0 radical (unpaired) electrons. The zero-order valence-corrected chi connectivity index (χ0v) is 18.0. The summed E-state index contributed by atoms with van der Waals surface area (Å²) >= 11 is 0. The molecule has 0 aliphatic rings. The van der Waals surface area contributed by atoms with Gasteiger partial charge in [0, 0.05) is 6.26 Å². The van der Waals surface area contributed by atoms with Crippen LogP contribution in [-0.2, 0) is 16.4 Å². The fourth-order valence-corrected chi connectivity index (χ4v) is 4.23. The molecule has 0 unspecified atom stereocenters. The molecule has 7 heteroatoms. The Morgan fingerprint density at radius 2 is 1.84 bits per heavy atom. The van der Waals surface area contributed by atoms with Crippen molar-refractivity contribution in [1.82, 2.24) is 9.55 Å². The van der Waals surface area contributed by atoms with E-state index in [9.17, 15) is 13.7 Å². The number of hydrogen-bond acceptors (Lipinski definition) is 5. The number of rotatable bonds is 6. The van der Waals surface area contributed by atoms with Crippen LogP contribution in [0.2, 0.25) is 0 Å². The molecule has 1 atom stereocenters. The molecule has 1 aromatic heterocycles. The quantitative estimate of drug-likeness (QED) is 0.449. The molecule has 4 rings (SSSR count). The van der Waals surface area contributed by atoms with Gasteiger partial charge in [-0.3, -0.25) is 0 Å². The molecule has 0 aliphatic heterocycles. The van der Waals surface area contributed by atoms with Crippen LogP contribution in [0, 0.1) is 11.3 Å². The molecule has 6 nitrogen and oxygen atoms in total. The molecule has 0 saturated carbocycles. The van der Waals surface area contributed by atoms with E-state index in [1.54, 1.807) is 24.3 Å². The van der Waals surface area contributed by atoms with Crippen molar-refractivity contribution in [3.8, 4) is 11.8 Å². The summed E-state index contributed by atoms with van der Waals surface area (Å²) in [6, 6.07) is 24.0. The molecule has 0 fully saturated rings. The number of sulfone groups is 1. The Balaban J connectivity index is 1.75. The summed E-state index contributed by atoms with van der Waals surface area (Å²) in [7, 11) is -3.33. The lowest BCUT2D eigenvalue weighted by Gasteiger charge is -2.18. The fourth-order valence-electron chi connectivity index (χ4n) is 3.57. The summed E-state index contributed by atoms with van der Waals surface area (Å²) in [4.78, 5) is 4.93. The first-order valence-corrected chi connectivity index (χ1v) is 11.6. The first-order valence-electron chi connectivity index (χ1n) is 9.75. The molecule has 4 aromatic rings. The molecule has 1 heterocycles. The number of nitrogens with zero attached hydrogens (tertiary/aromatic N) is 3. The van der Waals surface area contributed by atoms with Crippen molar-refractivity contribution in [3.05, 3.63) is 89.7 Å². The van der Waals surface area contributed by atoms with Gasteiger partial charge in [-0.1, -0.05) is 36.4 Å². The van der Waals surface area contributed by atoms with Crippen LogP contribution in [0.4, 0.5) is 0 Å². The molecule has 0 aliphatic carbocycles. The average molecular weight is 432 g/mol. The van der Waals surface area contributed by atoms with Crippen LogP contribution in [0.5, 0.6) is 5.75 Å². The standard InChI is InChI=1S/C24H21N3O3S/c1-17(19-7-4-3-5-8-19)27-23-13-18(15-25)11-12-22(23)26-24(27)16-30-20-9-6-10-21(14-20)31(2,28)29/h3-14,17H,16H2,1-2H3/t17-/m1/s1. The van der Waals surface area contributed by atoms with E-state index in [1.807, 2.05) is 42.5 Å². The molecule has 0 N–H and O–H groups in total. The van der Waals surface area contributed by atoms with Gasteiger partial charge >= 0.3 is 0 Å². The highest BCUT2D eigenvalue weighted by Crippen LogP contribution is 2.28. The third-order valence-corrected chi connectivity index (χ3v) is 6.27. The van der Waals surface area contributed by atoms with Crippen molar-refractivity contribution in [2.45, 2.75) is 24.5 Å². The number of aromatic nitrogens is 2. The van der Waals surface area contributed by atoms with Gasteiger partial charge in [0.15, 0.2) is 9.84 Å². The van der Waals surface area contributed by atoms with Gasteiger partial charge in [-0.2, -0.15) is 5.26 Å². The monoisotopic (exact) mass is 431 g/mol. The van der Waals surface area contributed by atoms with Gasteiger partial charge in [-0.15, -0.1) is 0 Å². The molecule has 31 heavy (non-hydrogen) atoms. The first kappa shape index (κ1) is 20.6. The zero-order chi connectivity index (χ0) is 22.0. The van der Waals surface area contributed by atoms with E-state index < -0.39 is 9.84 Å². The predicted octanol–water partition coefficient (Wildman–Crippen LogP) is 4.50. The summed E-state index contributed by atoms with van der Waals surface area (Å²) in [6.07, 6.45) is 1.17. The van der Waals surface area contributed by atoms with Gasteiger partial charge in [0.2, 0.25) is 0 Å². The van der Waals surface area contributed by atoms with Crippen molar-refractivity contribution in [2.75, 3.05) is 6.26 Å². The van der Waals surface area contributed by atoms with Gasteiger partial charge in [-0.25, -0.2) is 13.4 Å². The first-order chi connectivity index (χ1) is 14.9. The summed E-state index contributed by atoms with van der Waals surface area (Å²) in [5, 5.41) is 9.34. The maximum atomic E-state index is 11.8. The Hall–Kier alpha value is -3.63. The summed E-state index contributed by atoms with van der Waals surface area (Å²) in [6.45, 7) is 2.23. The summed E-state index contributed by atoms with van der Waals surface area (Å²) in [5.41, 5.74) is 3.27. The van der Waals surface area contributed by atoms with Crippen LogP contribution >= 0.6 is 0 Å². The number of fused-ring (bicyclic) bond motifs is 1. The number of benzene rings is 3. The van der Waals surface area contributed by atoms with Gasteiger partial charge in [0.25, 0.3) is 0 Å². The Labute approximate surface area is 181 Å². The zero-order valence-electron chi connectivity index (χ0n) is 17.2. The highest BCUT2D eigenvalue weighted by Gasteiger charge is 2.18. The number of nitriles is 1. The van der Waals surface area contributed by atoms with Crippen molar-refractivity contribution in [3.63, 3.8) is 0 Å². The summed E-state index contributed by atoms with van der Waals surface area (Å²) < 4.78 is 31.7. The molecule has 0 spiro atoms. The van der Waals surface area contributed by atoms with E-state index in [2.05, 4.69) is 17.6 Å². The smallest absolute Gasteiger partial charge is 0.175 e. The highest BCUT2D eigenvalue weighted by atomic mass is 32.2. The highest BCUT2D eigenvalue weighted by molar-refractivity contribution is 7.90. The van der Waals surface area contributed by atoms with E-state index in [4.69, 9.17) is 9.72 Å². The second-order valence-corrected chi connectivity index (χ2v) is 9.35. The van der Waals surface area contributed by atoms with E-state index in [1.165, 1.54) is 12.3 Å². The van der Waals surface area contributed by atoms with E-state index >= 15 is 0 Å². The topological polar surface area (TPSA) is 85.0 Å². The minimum absolute atomic E-state index is 0.0407. The largest absolute Gasteiger partial charge is 0.486 e. The SMILES string of the molecule is C[C@H](c1ccccc1)n1c(COc2cccc(S(C)(=O)=O)c2)nc2ccc(C#N)cc21. The maximum absolute atomic E-state index is 11.8. The third-order valence-electron chi connectivity index (χ3n) is 5.16. The molecular weight excluding hydrogens is 410 g/mol. The lowest BCUT2D eigenvalue weighted by atomic mass is 10.1. The van der Waals surface area contributed by atoms with Gasteiger partial charge < -0.3 is 9.30 Å². The summed E-state index contributed by atoms with van der Waals surface area (Å²) in [5.74, 6) is 1.14. The molecule has 3 aromatic carbocycles. The minimum Gasteiger partial charge on any atom is -0.486 e. The van der Waals surface area contributed by atoms with Crippen LogP contribution < -0.4 is 4.74 Å². The van der Waals surface area contributed by atoms with Gasteiger partial charge in [0.05, 0.1) is 33.6 Å². The lowest BCUT2D eigenvalue weighted by Crippen LogP contribution is -2.13. The minimum atomic E-state index is -3.33. The Bertz CT molecular complexity index is 1390. The molecule has 0 bridgehead atoms. The van der Waals surface area contributed by atoms with Crippen LogP contribution in [0.25, 0.3) is 11.0 Å². The van der Waals surface area contributed by atoms with Crippen molar-refractivity contribution in [1.29, 1.82) is 5.26 Å². The van der Waals surface area contributed by atoms with E-state index in [0.29, 0.717) is 17.1 Å². The molecule has 0 amide bonds. The van der Waals surface area contributed by atoms with Crippen molar-refractivity contribution >= 4 is 20.9 Å². The van der Waals surface area contributed by atoms with Crippen LogP contribution in [-0.4, -0.2) is 24.2 Å². The Morgan fingerprint density at radius 1 is 1.06 bits per heavy atom. The molecule has 156 valence electrons. The second-order valence-electron chi connectivity index (χ2n) is 7.34. The maximum Gasteiger partial charge on any atom is 0.175 e. The van der Waals surface area contributed by atoms with Gasteiger partial charge in [0.1, 0.15) is 18.2 Å². The van der Waals surface area contributed by atoms with Crippen LogP contribution in [0.15, 0.2) is 77.7 Å². The number of ether oxygens (including phenoxy) is 1. The van der Waals surface area contributed by atoms with Crippen molar-refractivity contribution < 1.29 is 13.2 Å². The fraction of sp³-hybridized carbons (Fsp3) is 0.167. The molecular formula is C24H21N3O3S. The van der Waals surface area contributed by atoms with Crippen LogP contribution in [0.1, 0.15) is 29.9 Å². The van der Waals surface area contributed by atoms with Gasteiger partial charge in [-0.05, 0) is 48.9 Å². The predicted molar refractivity (Wildman–Crippen MR) is 119 cm³/mol. The number of imidazole rings is 1. The second kappa shape index (κ2) is 8.25. The number of hydrogen-bond donors (Lipinski definition) is 0. The Morgan fingerprint density at radius 3 is 2.55 bits per heavy atom. The van der Waals surface area contributed by atoms with E-state index in [-0.39, 0.29) is 17.5 Å². The Kier molecular flexibility index (Phi) is 5.49. The van der Waals surface area contributed by atoms with Crippen LogP contribution in [0.3, 0.4) is 0 Å². The molecule has 0 saturated heterocycles. The van der Waals surface area contributed by atoms with Crippen molar-refractivity contribution in [2.24, 2.45) is 0 Å². The third kappa shape index (κ3) is 4.30. The normalized spacial score (nSPS) is 12.4. The van der Waals surface area contributed by atoms with E-state index in [0.717, 1.165) is 16.6 Å². The lowest BCUT2D eigenvalue weighted by molar-refractivity contribution is 0.288.